The Kier molecular flexibility index (Phi) is 7.72. The minimum absolute atomic E-state index is 0.140. The maximum absolute atomic E-state index is 2.44. The maximum Gasteiger partial charge on any atom is 0.0541 e. The highest BCUT2D eigenvalue weighted by molar-refractivity contribution is 6.12. The Morgan fingerprint density at radius 3 is 1.50 bits per heavy atom. The highest BCUT2D eigenvalue weighted by Crippen LogP contribution is 2.49. The first-order valence-electron chi connectivity index (χ1n) is 20.7. The second-order valence-corrected chi connectivity index (χ2v) is 17.6. The van der Waals surface area contributed by atoms with Crippen molar-refractivity contribution in [2.75, 3.05) is 0 Å². The highest BCUT2D eigenvalue weighted by atomic mass is 15.0. The van der Waals surface area contributed by atoms with E-state index in [4.69, 9.17) is 0 Å². The van der Waals surface area contributed by atoms with Crippen molar-refractivity contribution in [3.63, 3.8) is 0 Å². The summed E-state index contributed by atoms with van der Waals surface area (Å²) < 4.78 is 4.85. The van der Waals surface area contributed by atoms with Crippen LogP contribution in [0.5, 0.6) is 0 Å². The van der Waals surface area contributed by atoms with Gasteiger partial charge in [-0.05, 0) is 129 Å². The fourth-order valence-electron chi connectivity index (χ4n) is 10.1. The molecule has 0 radical (unpaired) electrons. The van der Waals surface area contributed by atoms with Gasteiger partial charge in [-0.1, -0.05) is 149 Å². The standard InChI is InChI=1S/C56H46N2/c1-55(2)32-33-56(3,4)54-44(20-13-21-49(54)55)38-24-28-42(29-25-38)57-50-22-10-8-18-45(50)47-35-40(26-30-52(47)57)41-27-31-53-48(36-41)46-19-9-11-23-51(46)58(53)43-17-12-16-39(34-43)37-14-6-5-7-15-37/h5-31,34-36H,32-33H2,1-4H3. The predicted octanol–water partition coefficient (Wildman–Crippen LogP) is 15.2. The van der Waals surface area contributed by atoms with Crippen molar-refractivity contribution in [2.45, 2.75) is 51.4 Å². The second kappa shape index (κ2) is 12.9. The molecule has 10 aromatic rings. The second-order valence-electron chi connectivity index (χ2n) is 17.6. The summed E-state index contributed by atoms with van der Waals surface area (Å²) in [7, 11) is 0. The molecule has 58 heavy (non-hydrogen) atoms. The number of para-hydroxylation sites is 2. The molecule has 0 fully saturated rings. The van der Waals surface area contributed by atoms with Crippen LogP contribution in [0.4, 0.5) is 0 Å². The Bertz CT molecular complexity index is 3210. The lowest BCUT2D eigenvalue weighted by atomic mass is 9.61. The molecule has 1 aliphatic carbocycles. The van der Waals surface area contributed by atoms with Gasteiger partial charge in [0.1, 0.15) is 0 Å². The Morgan fingerprint density at radius 1 is 0.345 bits per heavy atom. The van der Waals surface area contributed by atoms with Crippen molar-refractivity contribution in [3.8, 4) is 44.8 Å². The van der Waals surface area contributed by atoms with Crippen molar-refractivity contribution < 1.29 is 0 Å². The predicted molar refractivity (Wildman–Crippen MR) is 247 cm³/mol. The van der Waals surface area contributed by atoms with Crippen LogP contribution in [-0.2, 0) is 10.8 Å². The summed E-state index contributed by atoms with van der Waals surface area (Å²) in [5.74, 6) is 0. The van der Waals surface area contributed by atoms with Gasteiger partial charge in [0.25, 0.3) is 0 Å². The van der Waals surface area contributed by atoms with Gasteiger partial charge in [-0.15, -0.1) is 0 Å². The molecule has 0 N–H and O–H groups in total. The summed E-state index contributed by atoms with van der Waals surface area (Å²) in [5, 5.41) is 5.04. The maximum atomic E-state index is 2.44. The Labute approximate surface area is 340 Å². The van der Waals surface area contributed by atoms with Gasteiger partial charge in [0.15, 0.2) is 0 Å². The van der Waals surface area contributed by atoms with E-state index in [1.807, 2.05) is 0 Å². The molecule has 8 aromatic carbocycles. The van der Waals surface area contributed by atoms with Gasteiger partial charge < -0.3 is 9.13 Å². The number of nitrogens with zero attached hydrogens (tertiary/aromatic N) is 2. The average Bonchev–Trinajstić information content (AvgIpc) is 3.78. The number of fused-ring (bicyclic) bond motifs is 7. The smallest absolute Gasteiger partial charge is 0.0541 e. The molecule has 1 aliphatic rings. The van der Waals surface area contributed by atoms with E-state index in [9.17, 15) is 0 Å². The molecule has 280 valence electrons. The summed E-state index contributed by atoms with van der Waals surface area (Å²) in [6.45, 7) is 9.67. The van der Waals surface area contributed by atoms with E-state index in [2.05, 4.69) is 219 Å². The number of rotatable bonds is 5. The largest absolute Gasteiger partial charge is 0.309 e. The van der Waals surface area contributed by atoms with E-state index < -0.39 is 0 Å². The molecule has 0 aliphatic heterocycles. The molecular weight excluding hydrogens is 701 g/mol. The Morgan fingerprint density at radius 2 is 0.845 bits per heavy atom. The number of benzene rings is 8. The highest BCUT2D eigenvalue weighted by Gasteiger charge is 2.38. The molecule has 0 saturated carbocycles. The summed E-state index contributed by atoms with van der Waals surface area (Å²) in [6, 6.07) is 67.5. The lowest BCUT2D eigenvalue weighted by molar-refractivity contribution is 0.333. The molecule has 0 amide bonds. The first kappa shape index (κ1) is 34.6. The van der Waals surface area contributed by atoms with Crippen LogP contribution in [0.3, 0.4) is 0 Å². The third kappa shape index (κ3) is 5.39. The zero-order chi connectivity index (χ0) is 39.2. The Hall–Kier alpha value is -6.64. The van der Waals surface area contributed by atoms with Gasteiger partial charge in [-0.3, -0.25) is 0 Å². The van der Waals surface area contributed by atoms with Gasteiger partial charge >= 0.3 is 0 Å². The van der Waals surface area contributed by atoms with Crippen LogP contribution in [0.15, 0.2) is 182 Å². The van der Waals surface area contributed by atoms with Gasteiger partial charge in [-0.2, -0.15) is 0 Å². The van der Waals surface area contributed by atoms with E-state index in [0.717, 1.165) is 0 Å². The summed E-state index contributed by atoms with van der Waals surface area (Å²) in [6.07, 6.45) is 2.42. The van der Waals surface area contributed by atoms with E-state index >= 15 is 0 Å². The molecular formula is C56H46N2. The molecule has 2 nitrogen and oxygen atoms in total. The summed E-state index contributed by atoms with van der Waals surface area (Å²) in [4.78, 5) is 0. The normalized spacial score (nSPS) is 14.7. The number of hydrogen-bond donors (Lipinski definition) is 0. The van der Waals surface area contributed by atoms with Crippen LogP contribution in [0, 0.1) is 0 Å². The summed E-state index contributed by atoms with van der Waals surface area (Å²) in [5.41, 5.74) is 18.1. The van der Waals surface area contributed by atoms with Crippen molar-refractivity contribution >= 4 is 43.6 Å². The summed E-state index contributed by atoms with van der Waals surface area (Å²) >= 11 is 0. The van der Waals surface area contributed by atoms with E-state index in [-0.39, 0.29) is 10.8 Å². The van der Waals surface area contributed by atoms with E-state index in [0.29, 0.717) is 0 Å². The topological polar surface area (TPSA) is 9.86 Å². The lowest BCUT2D eigenvalue weighted by Crippen LogP contribution is -2.34. The lowest BCUT2D eigenvalue weighted by Gasteiger charge is -2.43. The van der Waals surface area contributed by atoms with Crippen LogP contribution in [0.25, 0.3) is 88.4 Å². The van der Waals surface area contributed by atoms with Gasteiger partial charge in [-0.25, -0.2) is 0 Å². The zero-order valence-corrected chi connectivity index (χ0v) is 33.6. The third-order valence-corrected chi connectivity index (χ3v) is 13.2. The fourth-order valence-corrected chi connectivity index (χ4v) is 10.1. The molecule has 2 aromatic heterocycles. The van der Waals surface area contributed by atoms with Crippen LogP contribution in [0.1, 0.15) is 51.7 Å². The molecule has 2 heteroatoms. The SMILES string of the molecule is CC1(C)CCC(C)(C)c2c(-c3ccc(-n4c5ccccc5c5cc(-c6ccc7c(c6)c6ccccc6n7-c6cccc(-c7ccccc7)c6)ccc54)cc3)cccc21. The van der Waals surface area contributed by atoms with Crippen LogP contribution in [0.2, 0.25) is 0 Å². The van der Waals surface area contributed by atoms with Crippen LogP contribution in [-0.4, -0.2) is 9.13 Å². The van der Waals surface area contributed by atoms with Crippen LogP contribution >= 0.6 is 0 Å². The van der Waals surface area contributed by atoms with E-state index in [1.54, 1.807) is 0 Å². The van der Waals surface area contributed by atoms with Crippen molar-refractivity contribution in [1.29, 1.82) is 0 Å². The first-order valence-corrected chi connectivity index (χ1v) is 20.7. The molecule has 2 heterocycles. The molecule has 0 unspecified atom stereocenters. The van der Waals surface area contributed by atoms with Gasteiger partial charge in [0, 0.05) is 32.9 Å². The van der Waals surface area contributed by atoms with Gasteiger partial charge in [0.05, 0.1) is 22.1 Å². The van der Waals surface area contributed by atoms with E-state index in [1.165, 1.54) is 112 Å². The minimum Gasteiger partial charge on any atom is -0.309 e. The third-order valence-electron chi connectivity index (χ3n) is 13.2. The van der Waals surface area contributed by atoms with Crippen LogP contribution < -0.4 is 0 Å². The van der Waals surface area contributed by atoms with Crippen molar-refractivity contribution in [3.05, 3.63) is 193 Å². The molecule has 11 rings (SSSR count). The number of aromatic nitrogens is 2. The first-order chi connectivity index (χ1) is 28.2. The minimum atomic E-state index is 0.140. The Balaban J connectivity index is 1.01. The molecule has 0 saturated heterocycles. The van der Waals surface area contributed by atoms with Gasteiger partial charge in [0.2, 0.25) is 0 Å². The fraction of sp³-hybridized carbons (Fsp3) is 0.143. The average molecular weight is 747 g/mol. The molecule has 0 atom stereocenters. The molecule has 0 spiro atoms. The molecule has 0 bridgehead atoms. The van der Waals surface area contributed by atoms with Crippen molar-refractivity contribution in [1.82, 2.24) is 9.13 Å². The quantitative estimate of drug-likeness (QED) is 0.166. The zero-order valence-electron chi connectivity index (χ0n) is 33.6. The van der Waals surface area contributed by atoms with Crippen molar-refractivity contribution in [2.24, 2.45) is 0 Å². The monoisotopic (exact) mass is 746 g/mol. The number of hydrogen-bond acceptors (Lipinski definition) is 0.